The van der Waals surface area contributed by atoms with E-state index in [2.05, 4.69) is 48.3 Å². The van der Waals surface area contributed by atoms with Gasteiger partial charge in [-0.25, -0.2) is 0 Å². The van der Waals surface area contributed by atoms with Crippen LogP contribution in [0.4, 0.5) is 0 Å². The summed E-state index contributed by atoms with van der Waals surface area (Å²) in [4.78, 5) is 4.01. The molecule has 0 saturated carbocycles. The molecule has 0 radical (unpaired) electrons. The van der Waals surface area contributed by atoms with E-state index in [0.29, 0.717) is 0 Å². The zero-order chi connectivity index (χ0) is 14.9. The summed E-state index contributed by atoms with van der Waals surface area (Å²) in [5.41, 5.74) is 1.39. The Morgan fingerprint density at radius 2 is 1.86 bits per heavy atom. The third-order valence-corrected chi connectivity index (χ3v) is 4.99. The van der Waals surface area contributed by atoms with Crippen molar-refractivity contribution in [2.45, 2.75) is 44.6 Å². The average molecular weight is 307 g/mol. The molecule has 0 atom stereocenters. The fourth-order valence-electron chi connectivity index (χ4n) is 2.69. The number of benzene rings is 1. The van der Waals surface area contributed by atoms with Gasteiger partial charge < -0.3 is 10.2 Å². The van der Waals surface area contributed by atoms with Crippen LogP contribution >= 0.6 is 11.8 Å². The van der Waals surface area contributed by atoms with Gasteiger partial charge in [-0.1, -0.05) is 26.0 Å². The van der Waals surface area contributed by atoms with Crippen molar-refractivity contribution in [3.8, 4) is 0 Å². The Kier molecular flexibility index (Phi) is 7.62. The van der Waals surface area contributed by atoms with Gasteiger partial charge in [0.05, 0.1) is 0 Å². The van der Waals surface area contributed by atoms with Crippen LogP contribution in [-0.4, -0.2) is 36.8 Å². The van der Waals surface area contributed by atoms with E-state index in [1.165, 1.54) is 55.1 Å². The highest BCUT2D eigenvalue weighted by Gasteiger charge is 2.10. The SMILES string of the molecule is CC(C)CNCc1ccc(SCCCN2CCCC2)cc1. The van der Waals surface area contributed by atoms with Gasteiger partial charge in [0.25, 0.3) is 0 Å². The highest BCUT2D eigenvalue weighted by atomic mass is 32.2. The summed E-state index contributed by atoms with van der Waals surface area (Å²) in [5.74, 6) is 1.96. The molecule has 1 aromatic carbocycles. The van der Waals surface area contributed by atoms with Crippen LogP contribution < -0.4 is 5.32 Å². The number of rotatable bonds is 9. The molecule has 1 aliphatic rings. The van der Waals surface area contributed by atoms with Crippen LogP contribution in [0.25, 0.3) is 0 Å². The van der Waals surface area contributed by atoms with E-state index in [9.17, 15) is 0 Å². The van der Waals surface area contributed by atoms with Gasteiger partial charge in [0.15, 0.2) is 0 Å². The topological polar surface area (TPSA) is 15.3 Å². The van der Waals surface area contributed by atoms with Gasteiger partial charge in [-0.2, -0.15) is 0 Å². The predicted octanol–water partition coefficient (Wildman–Crippen LogP) is 4.01. The molecule has 1 fully saturated rings. The molecule has 0 unspecified atom stereocenters. The van der Waals surface area contributed by atoms with Crippen molar-refractivity contribution >= 4 is 11.8 Å². The Morgan fingerprint density at radius 3 is 2.52 bits per heavy atom. The molecular formula is C18H30N2S. The third kappa shape index (κ3) is 6.86. The Bertz CT molecular complexity index is 383. The largest absolute Gasteiger partial charge is 0.312 e. The van der Waals surface area contributed by atoms with Crippen LogP contribution in [0.3, 0.4) is 0 Å². The number of nitrogens with one attached hydrogen (secondary N) is 1. The normalized spacial score (nSPS) is 16.0. The van der Waals surface area contributed by atoms with E-state index in [1.807, 2.05) is 11.8 Å². The van der Waals surface area contributed by atoms with Crippen LogP contribution in [0.1, 0.15) is 38.7 Å². The van der Waals surface area contributed by atoms with Gasteiger partial charge in [0.1, 0.15) is 0 Å². The van der Waals surface area contributed by atoms with Crippen LogP contribution in [0.15, 0.2) is 29.2 Å². The lowest BCUT2D eigenvalue weighted by molar-refractivity contribution is 0.341. The van der Waals surface area contributed by atoms with Crippen LogP contribution in [-0.2, 0) is 6.54 Å². The second kappa shape index (κ2) is 9.50. The molecule has 2 nitrogen and oxygen atoms in total. The molecular weight excluding hydrogens is 276 g/mol. The Labute approximate surface area is 134 Å². The summed E-state index contributed by atoms with van der Waals surface area (Å²) in [6, 6.07) is 9.06. The summed E-state index contributed by atoms with van der Waals surface area (Å²) < 4.78 is 0. The van der Waals surface area contributed by atoms with Gasteiger partial charge in [0, 0.05) is 11.4 Å². The van der Waals surface area contributed by atoms with Crippen LogP contribution in [0.5, 0.6) is 0 Å². The van der Waals surface area contributed by atoms with E-state index in [-0.39, 0.29) is 0 Å². The maximum atomic E-state index is 3.49. The van der Waals surface area contributed by atoms with E-state index < -0.39 is 0 Å². The number of nitrogens with zero attached hydrogens (tertiary/aromatic N) is 1. The molecule has 1 heterocycles. The minimum Gasteiger partial charge on any atom is -0.312 e. The molecule has 21 heavy (non-hydrogen) atoms. The van der Waals surface area contributed by atoms with Crippen LogP contribution in [0, 0.1) is 5.92 Å². The molecule has 118 valence electrons. The summed E-state index contributed by atoms with van der Waals surface area (Å²) >= 11 is 1.99. The zero-order valence-corrected chi connectivity index (χ0v) is 14.4. The van der Waals surface area contributed by atoms with Crippen molar-refractivity contribution < 1.29 is 0 Å². The van der Waals surface area contributed by atoms with E-state index in [1.54, 1.807) is 0 Å². The van der Waals surface area contributed by atoms with Gasteiger partial charge >= 0.3 is 0 Å². The Hall–Kier alpha value is -0.510. The van der Waals surface area contributed by atoms with E-state index >= 15 is 0 Å². The Balaban J connectivity index is 1.60. The van der Waals surface area contributed by atoms with Crippen LogP contribution in [0.2, 0.25) is 0 Å². The van der Waals surface area contributed by atoms with E-state index in [0.717, 1.165) is 19.0 Å². The van der Waals surface area contributed by atoms with Crippen molar-refractivity contribution in [3.63, 3.8) is 0 Å². The first-order chi connectivity index (χ1) is 10.2. The predicted molar refractivity (Wildman–Crippen MR) is 94.0 cm³/mol. The first-order valence-corrected chi connectivity index (χ1v) is 9.37. The monoisotopic (exact) mass is 306 g/mol. The minimum atomic E-state index is 0.718. The fourth-order valence-corrected chi connectivity index (χ4v) is 3.53. The second-order valence-electron chi connectivity index (χ2n) is 6.42. The highest BCUT2D eigenvalue weighted by molar-refractivity contribution is 7.99. The lowest BCUT2D eigenvalue weighted by atomic mass is 10.2. The van der Waals surface area contributed by atoms with Crippen molar-refractivity contribution in [2.24, 2.45) is 5.92 Å². The maximum Gasteiger partial charge on any atom is 0.0205 e. The van der Waals surface area contributed by atoms with Crippen molar-refractivity contribution in [1.29, 1.82) is 0 Å². The molecule has 0 bridgehead atoms. The first-order valence-electron chi connectivity index (χ1n) is 8.39. The molecule has 1 saturated heterocycles. The number of hydrogen-bond acceptors (Lipinski definition) is 3. The maximum absolute atomic E-state index is 3.49. The summed E-state index contributed by atoms with van der Waals surface area (Å²) in [6.07, 6.45) is 4.11. The van der Waals surface area contributed by atoms with Crippen molar-refractivity contribution in [1.82, 2.24) is 10.2 Å². The number of hydrogen-bond donors (Lipinski definition) is 1. The first kappa shape index (κ1) is 16.9. The summed E-state index contributed by atoms with van der Waals surface area (Å²) in [6.45, 7) is 10.5. The van der Waals surface area contributed by atoms with Crippen molar-refractivity contribution in [2.75, 3.05) is 31.9 Å². The number of thioether (sulfide) groups is 1. The highest BCUT2D eigenvalue weighted by Crippen LogP contribution is 2.20. The standard InChI is InChI=1S/C18H30N2S/c1-16(2)14-19-15-17-6-8-18(9-7-17)21-13-5-12-20-10-3-4-11-20/h6-9,16,19H,3-5,10-15H2,1-2H3. The molecule has 3 heteroatoms. The van der Waals surface area contributed by atoms with Gasteiger partial charge in [-0.3, -0.25) is 0 Å². The zero-order valence-electron chi connectivity index (χ0n) is 13.6. The molecule has 0 aromatic heterocycles. The minimum absolute atomic E-state index is 0.718. The van der Waals surface area contributed by atoms with Crippen molar-refractivity contribution in [3.05, 3.63) is 29.8 Å². The second-order valence-corrected chi connectivity index (χ2v) is 7.59. The number of likely N-dealkylation sites (tertiary alicyclic amines) is 1. The third-order valence-electron chi connectivity index (χ3n) is 3.89. The molecule has 1 aliphatic heterocycles. The molecule has 1 aromatic rings. The molecule has 0 aliphatic carbocycles. The van der Waals surface area contributed by atoms with Gasteiger partial charge in [-0.05, 0) is 74.8 Å². The van der Waals surface area contributed by atoms with Gasteiger partial charge in [0.2, 0.25) is 0 Å². The smallest absolute Gasteiger partial charge is 0.0205 e. The van der Waals surface area contributed by atoms with E-state index in [4.69, 9.17) is 0 Å². The average Bonchev–Trinajstić information content (AvgIpc) is 2.98. The molecule has 0 spiro atoms. The summed E-state index contributed by atoms with van der Waals surface area (Å²) in [7, 11) is 0. The quantitative estimate of drug-likeness (QED) is 0.548. The lowest BCUT2D eigenvalue weighted by Gasteiger charge is -2.13. The molecule has 1 N–H and O–H groups in total. The Morgan fingerprint density at radius 1 is 1.14 bits per heavy atom. The summed E-state index contributed by atoms with van der Waals surface area (Å²) in [5, 5.41) is 3.49. The van der Waals surface area contributed by atoms with Gasteiger partial charge in [-0.15, -0.1) is 11.8 Å². The lowest BCUT2D eigenvalue weighted by Crippen LogP contribution is -2.20. The molecule has 0 amide bonds. The fraction of sp³-hybridized carbons (Fsp3) is 0.667. The molecule has 2 rings (SSSR count).